The molecule has 1 aromatic carbocycles. The fourth-order valence-corrected chi connectivity index (χ4v) is 2.52. The van der Waals surface area contributed by atoms with Gasteiger partial charge in [-0.2, -0.15) is 0 Å². The fraction of sp³-hybridized carbons (Fsp3) is 0.250. The average Bonchev–Trinajstić information content (AvgIpc) is 2.64. The molecule has 0 N–H and O–H groups in total. The smallest absolute Gasteiger partial charge is 0.213 e. The molecule has 0 amide bonds. The van der Waals surface area contributed by atoms with Gasteiger partial charge in [0.05, 0.1) is 0 Å². The van der Waals surface area contributed by atoms with Crippen LogP contribution in [0, 0.1) is 13.8 Å². The van der Waals surface area contributed by atoms with Crippen molar-refractivity contribution in [2.24, 2.45) is 7.05 Å². The molecule has 0 atom stereocenters. The Morgan fingerprint density at radius 2 is 1.78 bits per heavy atom. The lowest BCUT2D eigenvalue weighted by molar-refractivity contribution is 0.102. The van der Waals surface area contributed by atoms with Gasteiger partial charge in [-0.3, -0.25) is 4.79 Å². The molecule has 4 nitrogen and oxygen atoms in total. The molecule has 0 radical (unpaired) electrons. The van der Waals surface area contributed by atoms with Crippen LogP contribution in [0.1, 0.15) is 27.2 Å². The summed E-state index contributed by atoms with van der Waals surface area (Å²) in [4.78, 5) is 12.4. The van der Waals surface area contributed by atoms with Crippen LogP contribution in [0.4, 0.5) is 0 Å². The number of benzene rings is 1. The highest BCUT2D eigenvalue weighted by Gasteiger charge is 2.19. The van der Waals surface area contributed by atoms with Gasteiger partial charge in [0.1, 0.15) is 5.69 Å². The topological polar surface area (TPSA) is 47.8 Å². The summed E-state index contributed by atoms with van der Waals surface area (Å²) in [5.74, 6) is -0.0897. The standard InChI is InChI=1S/C12H11Br2N3O/c1-6-4-8(5-7(2)9(6)13)11(18)10-12(14)15-16-17(10)3/h4-5H,1-3H3. The van der Waals surface area contributed by atoms with Gasteiger partial charge in [-0.05, 0) is 53.0 Å². The molecule has 0 saturated heterocycles. The number of ketones is 1. The summed E-state index contributed by atoms with van der Waals surface area (Å²) in [6.07, 6.45) is 0. The molecular formula is C12H11Br2N3O. The van der Waals surface area contributed by atoms with E-state index in [1.54, 1.807) is 7.05 Å². The Balaban J connectivity index is 2.54. The van der Waals surface area contributed by atoms with Crippen molar-refractivity contribution in [1.29, 1.82) is 0 Å². The first-order valence-corrected chi connectivity index (χ1v) is 6.87. The second kappa shape index (κ2) is 4.93. The van der Waals surface area contributed by atoms with E-state index in [2.05, 4.69) is 42.2 Å². The molecule has 0 aliphatic carbocycles. The maximum Gasteiger partial charge on any atom is 0.213 e. The van der Waals surface area contributed by atoms with Crippen LogP contribution in [0.5, 0.6) is 0 Å². The van der Waals surface area contributed by atoms with Crippen LogP contribution in [0.25, 0.3) is 0 Å². The lowest BCUT2D eigenvalue weighted by Crippen LogP contribution is -2.09. The maximum atomic E-state index is 12.4. The molecule has 0 fully saturated rings. The van der Waals surface area contributed by atoms with Crippen molar-refractivity contribution in [2.75, 3.05) is 0 Å². The third kappa shape index (κ3) is 2.27. The van der Waals surface area contributed by atoms with E-state index in [4.69, 9.17) is 0 Å². The Morgan fingerprint density at radius 3 is 2.22 bits per heavy atom. The number of rotatable bonds is 2. The minimum atomic E-state index is -0.0897. The van der Waals surface area contributed by atoms with Gasteiger partial charge in [0.2, 0.25) is 5.78 Å². The van der Waals surface area contributed by atoms with Crippen molar-refractivity contribution >= 4 is 37.6 Å². The van der Waals surface area contributed by atoms with E-state index in [1.165, 1.54) is 4.68 Å². The molecule has 94 valence electrons. The van der Waals surface area contributed by atoms with Crippen LogP contribution >= 0.6 is 31.9 Å². The molecule has 0 aliphatic rings. The number of aryl methyl sites for hydroxylation is 3. The van der Waals surface area contributed by atoms with E-state index in [0.29, 0.717) is 15.9 Å². The molecule has 18 heavy (non-hydrogen) atoms. The van der Waals surface area contributed by atoms with E-state index < -0.39 is 0 Å². The van der Waals surface area contributed by atoms with Crippen molar-refractivity contribution in [3.63, 3.8) is 0 Å². The van der Waals surface area contributed by atoms with Gasteiger partial charge < -0.3 is 0 Å². The molecule has 0 spiro atoms. The Bertz CT molecular complexity index is 592. The van der Waals surface area contributed by atoms with E-state index in [-0.39, 0.29) is 5.78 Å². The highest BCUT2D eigenvalue weighted by molar-refractivity contribution is 9.10. The van der Waals surface area contributed by atoms with Crippen LogP contribution in [-0.4, -0.2) is 20.8 Å². The highest BCUT2D eigenvalue weighted by Crippen LogP contribution is 2.25. The SMILES string of the molecule is Cc1cc(C(=O)c2c(Br)nnn2C)cc(C)c1Br. The fourth-order valence-electron chi connectivity index (χ4n) is 1.79. The first-order chi connectivity index (χ1) is 8.41. The molecule has 6 heteroatoms. The predicted molar refractivity (Wildman–Crippen MR) is 75.8 cm³/mol. The zero-order chi connectivity index (χ0) is 13.4. The first-order valence-electron chi connectivity index (χ1n) is 5.28. The first kappa shape index (κ1) is 13.4. The van der Waals surface area contributed by atoms with Crippen molar-refractivity contribution in [3.05, 3.63) is 43.6 Å². The van der Waals surface area contributed by atoms with Gasteiger partial charge in [0, 0.05) is 17.1 Å². The summed E-state index contributed by atoms with van der Waals surface area (Å²) in [6.45, 7) is 3.93. The average molecular weight is 373 g/mol. The molecule has 0 aliphatic heterocycles. The zero-order valence-electron chi connectivity index (χ0n) is 10.2. The van der Waals surface area contributed by atoms with Crippen LogP contribution in [-0.2, 0) is 7.05 Å². The third-order valence-corrected chi connectivity index (χ3v) is 4.48. The summed E-state index contributed by atoms with van der Waals surface area (Å²) >= 11 is 6.73. The summed E-state index contributed by atoms with van der Waals surface area (Å²) in [5.41, 5.74) is 3.16. The van der Waals surface area contributed by atoms with Gasteiger partial charge in [0.25, 0.3) is 0 Å². The lowest BCUT2D eigenvalue weighted by Gasteiger charge is -2.07. The van der Waals surface area contributed by atoms with Crippen molar-refractivity contribution in [2.45, 2.75) is 13.8 Å². The van der Waals surface area contributed by atoms with Gasteiger partial charge in [-0.15, -0.1) is 5.10 Å². The summed E-state index contributed by atoms with van der Waals surface area (Å²) < 4.78 is 2.97. The Labute approximate surface area is 122 Å². The molecule has 1 heterocycles. The monoisotopic (exact) mass is 371 g/mol. The van der Waals surface area contributed by atoms with Gasteiger partial charge in [0.15, 0.2) is 4.60 Å². The third-order valence-electron chi connectivity index (χ3n) is 2.70. The molecule has 0 saturated carbocycles. The van der Waals surface area contributed by atoms with E-state index in [9.17, 15) is 4.79 Å². The van der Waals surface area contributed by atoms with E-state index in [1.807, 2.05) is 26.0 Å². The van der Waals surface area contributed by atoms with Gasteiger partial charge >= 0.3 is 0 Å². The van der Waals surface area contributed by atoms with Gasteiger partial charge in [-0.25, -0.2) is 4.68 Å². The second-order valence-electron chi connectivity index (χ2n) is 4.11. The minimum absolute atomic E-state index is 0.0897. The molecule has 1 aromatic heterocycles. The quantitative estimate of drug-likeness (QED) is 0.760. The number of hydrogen-bond acceptors (Lipinski definition) is 3. The molecular weight excluding hydrogens is 362 g/mol. The maximum absolute atomic E-state index is 12.4. The predicted octanol–water partition coefficient (Wildman–Crippen LogP) is 3.19. The number of nitrogens with zero attached hydrogens (tertiary/aromatic N) is 3. The Morgan fingerprint density at radius 1 is 1.22 bits per heavy atom. The van der Waals surface area contributed by atoms with Crippen LogP contribution < -0.4 is 0 Å². The molecule has 2 aromatic rings. The zero-order valence-corrected chi connectivity index (χ0v) is 13.3. The van der Waals surface area contributed by atoms with Crippen LogP contribution in [0.15, 0.2) is 21.2 Å². The lowest BCUT2D eigenvalue weighted by atomic mass is 10.0. The highest BCUT2D eigenvalue weighted by atomic mass is 79.9. The molecule has 0 bridgehead atoms. The van der Waals surface area contributed by atoms with Crippen LogP contribution in [0.2, 0.25) is 0 Å². The second-order valence-corrected chi connectivity index (χ2v) is 5.65. The Kier molecular flexibility index (Phi) is 3.68. The number of aromatic nitrogens is 3. The molecule has 0 unspecified atom stereocenters. The van der Waals surface area contributed by atoms with E-state index in [0.717, 1.165) is 15.6 Å². The largest absolute Gasteiger partial charge is 0.287 e. The number of carbonyl (C=O) groups excluding carboxylic acids is 1. The van der Waals surface area contributed by atoms with E-state index >= 15 is 0 Å². The Hall–Kier alpha value is -1.01. The summed E-state index contributed by atoms with van der Waals surface area (Å²) in [5, 5.41) is 7.64. The number of halogens is 2. The van der Waals surface area contributed by atoms with Crippen molar-refractivity contribution in [3.8, 4) is 0 Å². The van der Waals surface area contributed by atoms with Gasteiger partial charge in [-0.1, -0.05) is 21.1 Å². The van der Waals surface area contributed by atoms with Crippen molar-refractivity contribution in [1.82, 2.24) is 15.0 Å². The number of carbonyl (C=O) groups is 1. The summed E-state index contributed by atoms with van der Waals surface area (Å²) in [6, 6.07) is 3.72. The molecule has 2 rings (SSSR count). The summed E-state index contributed by atoms with van der Waals surface area (Å²) in [7, 11) is 1.70. The minimum Gasteiger partial charge on any atom is -0.287 e. The number of hydrogen-bond donors (Lipinski definition) is 0. The van der Waals surface area contributed by atoms with Crippen molar-refractivity contribution < 1.29 is 4.79 Å². The van der Waals surface area contributed by atoms with Crippen LogP contribution in [0.3, 0.4) is 0 Å². The normalized spacial score (nSPS) is 10.7.